The average Bonchev–Trinajstić information content (AvgIpc) is 3.37. The topological polar surface area (TPSA) is 58.9 Å². The maximum Gasteiger partial charge on any atom is 0.119 e. The molecule has 0 saturated heterocycles. The van der Waals surface area contributed by atoms with Gasteiger partial charge in [0.2, 0.25) is 0 Å². The summed E-state index contributed by atoms with van der Waals surface area (Å²) >= 11 is 0. The standard InChI is InChI=1S/C43H50O4/c1-29(11-13-31-23-35(44)24-31)27-46-37-19-15-33(16-20-37)43(41-9-5-3-7-39(41)40-8-4-6-10-42(40)43)34-17-21-38(22-18-34)47-28-30(2)12-14-32-25-36(45)26-32/h3-10,15-22,29-32,35-36,44-45H,11-14,23-28H2,1-2H3. The van der Waals surface area contributed by atoms with Crippen LogP contribution in [0, 0.1) is 23.7 Å². The molecule has 47 heavy (non-hydrogen) atoms. The van der Waals surface area contributed by atoms with Crippen molar-refractivity contribution < 1.29 is 19.7 Å². The zero-order chi connectivity index (χ0) is 32.4. The molecule has 7 rings (SSSR count). The monoisotopic (exact) mass is 630 g/mol. The largest absolute Gasteiger partial charge is 0.493 e. The highest BCUT2D eigenvalue weighted by Gasteiger charge is 2.45. The van der Waals surface area contributed by atoms with E-state index in [0.29, 0.717) is 36.9 Å². The first-order valence-electron chi connectivity index (χ1n) is 17.9. The van der Waals surface area contributed by atoms with Crippen molar-refractivity contribution in [1.82, 2.24) is 0 Å². The van der Waals surface area contributed by atoms with Crippen LogP contribution in [-0.2, 0) is 5.41 Å². The lowest BCUT2D eigenvalue weighted by Gasteiger charge is -2.34. The van der Waals surface area contributed by atoms with Gasteiger partial charge in [0, 0.05) is 0 Å². The van der Waals surface area contributed by atoms with Crippen LogP contribution in [-0.4, -0.2) is 35.6 Å². The van der Waals surface area contributed by atoms with Crippen LogP contribution in [0.25, 0.3) is 11.1 Å². The molecule has 0 aromatic heterocycles. The van der Waals surface area contributed by atoms with Crippen LogP contribution in [0.4, 0.5) is 0 Å². The minimum atomic E-state index is -0.453. The van der Waals surface area contributed by atoms with Crippen molar-refractivity contribution in [3.8, 4) is 22.6 Å². The molecule has 0 bridgehead atoms. The van der Waals surface area contributed by atoms with Crippen molar-refractivity contribution in [1.29, 1.82) is 0 Å². The number of fused-ring (bicyclic) bond motifs is 3. The molecule has 0 radical (unpaired) electrons. The summed E-state index contributed by atoms with van der Waals surface area (Å²) in [7, 11) is 0. The van der Waals surface area contributed by atoms with Crippen molar-refractivity contribution >= 4 is 0 Å². The molecule has 3 aliphatic carbocycles. The highest BCUT2D eigenvalue weighted by atomic mass is 16.5. The molecule has 2 saturated carbocycles. The van der Waals surface area contributed by atoms with E-state index in [2.05, 4.69) is 111 Å². The Morgan fingerprint density at radius 3 is 1.34 bits per heavy atom. The van der Waals surface area contributed by atoms with E-state index < -0.39 is 5.41 Å². The second kappa shape index (κ2) is 13.9. The molecule has 0 aliphatic heterocycles. The van der Waals surface area contributed by atoms with Crippen molar-refractivity contribution in [2.75, 3.05) is 13.2 Å². The zero-order valence-corrected chi connectivity index (χ0v) is 28.0. The highest BCUT2D eigenvalue weighted by Crippen LogP contribution is 2.56. The van der Waals surface area contributed by atoms with Gasteiger partial charge in [0.1, 0.15) is 11.5 Å². The third-order valence-electron chi connectivity index (χ3n) is 11.2. The average molecular weight is 631 g/mol. The van der Waals surface area contributed by atoms with Crippen LogP contribution < -0.4 is 9.47 Å². The Balaban J connectivity index is 1.10. The number of aliphatic hydroxyl groups excluding tert-OH is 2. The molecule has 2 fully saturated rings. The van der Waals surface area contributed by atoms with Gasteiger partial charge in [-0.1, -0.05) is 86.6 Å². The molecule has 2 N–H and O–H groups in total. The molecule has 3 aliphatic rings. The molecule has 0 amide bonds. The van der Waals surface area contributed by atoms with Gasteiger partial charge in [-0.15, -0.1) is 0 Å². The summed E-state index contributed by atoms with van der Waals surface area (Å²) in [6.07, 6.45) is 8.33. The molecule has 0 heterocycles. The molecule has 0 spiro atoms. The maximum atomic E-state index is 9.60. The van der Waals surface area contributed by atoms with E-state index >= 15 is 0 Å². The SMILES string of the molecule is CC(CCC1CC(O)C1)COc1ccc(C2(c3ccc(OCC(C)CCC4CC(O)C4)cc3)c3ccccc3-c3ccccc32)cc1. The van der Waals surface area contributed by atoms with Gasteiger partial charge < -0.3 is 19.7 Å². The van der Waals surface area contributed by atoms with E-state index in [-0.39, 0.29) is 12.2 Å². The van der Waals surface area contributed by atoms with Gasteiger partial charge in [0.05, 0.1) is 30.8 Å². The Bertz CT molecular complexity index is 1490. The first kappa shape index (κ1) is 32.0. The van der Waals surface area contributed by atoms with E-state index in [1.807, 2.05) is 0 Å². The molecule has 246 valence electrons. The molecular weight excluding hydrogens is 580 g/mol. The first-order valence-corrected chi connectivity index (χ1v) is 17.9. The van der Waals surface area contributed by atoms with Gasteiger partial charge in [-0.3, -0.25) is 0 Å². The van der Waals surface area contributed by atoms with Crippen LogP contribution in [0.5, 0.6) is 11.5 Å². The van der Waals surface area contributed by atoms with Crippen molar-refractivity contribution in [3.63, 3.8) is 0 Å². The van der Waals surface area contributed by atoms with Crippen LogP contribution in [0.3, 0.4) is 0 Å². The summed E-state index contributed by atoms with van der Waals surface area (Å²) in [4.78, 5) is 0. The van der Waals surface area contributed by atoms with Crippen molar-refractivity contribution in [2.24, 2.45) is 23.7 Å². The van der Waals surface area contributed by atoms with Gasteiger partial charge in [-0.25, -0.2) is 0 Å². The number of hydrogen-bond acceptors (Lipinski definition) is 4. The molecule has 4 heteroatoms. The summed E-state index contributed by atoms with van der Waals surface area (Å²) in [6, 6.07) is 35.2. The zero-order valence-electron chi connectivity index (χ0n) is 28.0. The summed E-state index contributed by atoms with van der Waals surface area (Å²) in [5.74, 6) is 4.13. The van der Waals surface area contributed by atoms with Crippen LogP contribution >= 0.6 is 0 Å². The predicted octanol–water partition coefficient (Wildman–Crippen LogP) is 9.18. The Morgan fingerprint density at radius 2 is 0.957 bits per heavy atom. The number of aliphatic hydroxyl groups is 2. The van der Waals surface area contributed by atoms with Crippen LogP contribution in [0.15, 0.2) is 97.1 Å². The third kappa shape index (κ3) is 6.60. The smallest absolute Gasteiger partial charge is 0.119 e. The normalized spacial score (nSPS) is 23.5. The fourth-order valence-corrected chi connectivity index (χ4v) is 8.18. The fraction of sp³-hybridized carbons (Fsp3) is 0.442. The Kier molecular flexibility index (Phi) is 9.43. The lowest BCUT2D eigenvalue weighted by molar-refractivity contribution is 0.0353. The van der Waals surface area contributed by atoms with Gasteiger partial charge in [0.25, 0.3) is 0 Å². The molecule has 2 atom stereocenters. The van der Waals surface area contributed by atoms with E-state index in [1.165, 1.54) is 46.2 Å². The summed E-state index contributed by atoms with van der Waals surface area (Å²) in [6.45, 7) is 5.94. The number of rotatable bonds is 14. The van der Waals surface area contributed by atoms with E-state index in [9.17, 15) is 10.2 Å². The number of ether oxygens (including phenoxy) is 2. The summed E-state index contributed by atoms with van der Waals surface area (Å²) in [5, 5.41) is 19.2. The molecule has 4 nitrogen and oxygen atoms in total. The van der Waals surface area contributed by atoms with E-state index in [0.717, 1.165) is 50.0 Å². The molecular formula is C43H50O4. The Hall–Kier alpha value is -3.60. The minimum absolute atomic E-state index is 0.0731. The maximum absolute atomic E-state index is 9.60. The van der Waals surface area contributed by atoms with E-state index in [4.69, 9.17) is 9.47 Å². The predicted molar refractivity (Wildman–Crippen MR) is 189 cm³/mol. The Morgan fingerprint density at radius 1 is 0.574 bits per heavy atom. The first-order chi connectivity index (χ1) is 22.9. The number of benzene rings is 4. The van der Waals surface area contributed by atoms with Crippen molar-refractivity contribution in [2.45, 2.75) is 82.8 Å². The minimum Gasteiger partial charge on any atom is -0.493 e. The van der Waals surface area contributed by atoms with Gasteiger partial charge in [-0.2, -0.15) is 0 Å². The van der Waals surface area contributed by atoms with Crippen LogP contribution in [0.2, 0.25) is 0 Å². The molecule has 4 aromatic rings. The highest BCUT2D eigenvalue weighted by molar-refractivity contribution is 5.86. The lowest BCUT2D eigenvalue weighted by Crippen LogP contribution is -2.29. The van der Waals surface area contributed by atoms with Crippen LogP contribution in [0.1, 0.15) is 87.5 Å². The lowest BCUT2D eigenvalue weighted by atomic mass is 9.68. The quantitative estimate of drug-likeness (QED) is 0.128. The molecule has 2 unspecified atom stereocenters. The summed E-state index contributed by atoms with van der Waals surface area (Å²) < 4.78 is 12.6. The van der Waals surface area contributed by atoms with Crippen molar-refractivity contribution in [3.05, 3.63) is 119 Å². The number of hydrogen-bond donors (Lipinski definition) is 2. The van der Waals surface area contributed by atoms with Gasteiger partial charge in [0.15, 0.2) is 0 Å². The fourth-order valence-electron chi connectivity index (χ4n) is 8.18. The summed E-state index contributed by atoms with van der Waals surface area (Å²) in [5.41, 5.74) is 7.16. The second-order valence-electron chi connectivity index (χ2n) is 14.9. The molecule has 4 aromatic carbocycles. The Labute approximate surface area is 280 Å². The van der Waals surface area contributed by atoms with Gasteiger partial charge in [-0.05, 0) is 133 Å². The van der Waals surface area contributed by atoms with Gasteiger partial charge >= 0.3 is 0 Å². The third-order valence-corrected chi connectivity index (χ3v) is 11.2. The second-order valence-corrected chi connectivity index (χ2v) is 14.9. The van der Waals surface area contributed by atoms with E-state index in [1.54, 1.807) is 0 Å².